The van der Waals surface area contributed by atoms with Gasteiger partial charge in [0, 0.05) is 0 Å². The van der Waals surface area contributed by atoms with Gasteiger partial charge in [0.15, 0.2) is 0 Å². The number of rotatable bonds is 9. The molecule has 0 aromatic carbocycles. The van der Waals surface area contributed by atoms with E-state index < -0.39 is 0 Å². The summed E-state index contributed by atoms with van der Waals surface area (Å²) in [5.41, 5.74) is 0. The molecule has 0 radical (unpaired) electrons. The van der Waals surface area contributed by atoms with Crippen molar-refractivity contribution in [2.75, 3.05) is 0 Å². The third-order valence-electron chi connectivity index (χ3n) is 3.56. The van der Waals surface area contributed by atoms with E-state index in [2.05, 4.69) is 0 Å². The lowest BCUT2D eigenvalue weighted by atomic mass is 10.0. The standard InChI is InChI=1S/C14H18O4S2/c15-13-7-9(17-13)1-3-11(19)5-6-12(20)4-2-10-8-14(16)18-10/h9-10H,1-8H2. The number of cyclic esters (lactones) is 2. The molecule has 6 heteroatoms. The Balaban J connectivity index is 1.48. The minimum Gasteiger partial charge on any atom is -0.462 e. The van der Waals surface area contributed by atoms with Crippen molar-refractivity contribution in [2.45, 2.75) is 63.6 Å². The predicted octanol–water partition coefficient (Wildman–Crippen LogP) is 2.70. The first-order chi connectivity index (χ1) is 9.52. The van der Waals surface area contributed by atoms with E-state index >= 15 is 0 Å². The molecule has 4 nitrogen and oxygen atoms in total. The number of hydrogen-bond donors (Lipinski definition) is 0. The zero-order valence-corrected chi connectivity index (χ0v) is 12.9. The van der Waals surface area contributed by atoms with Crippen molar-refractivity contribution in [1.82, 2.24) is 0 Å². The molecule has 2 unspecified atom stereocenters. The van der Waals surface area contributed by atoms with Gasteiger partial charge in [-0.15, -0.1) is 0 Å². The average molecular weight is 314 g/mol. The second-order valence-corrected chi connectivity index (χ2v) is 6.44. The van der Waals surface area contributed by atoms with Gasteiger partial charge in [0.25, 0.3) is 0 Å². The van der Waals surface area contributed by atoms with Gasteiger partial charge in [0.1, 0.15) is 12.2 Å². The van der Waals surface area contributed by atoms with Crippen molar-refractivity contribution in [3.05, 3.63) is 0 Å². The maximum atomic E-state index is 10.6. The topological polar surface area (TPSA) is 52.6 Å². The number of carbonyl (C=O) groups is 2. The lowest BCUT2D eigenvalue weighted by Gasteiger charge is -2.25. The van der Waals surface area contributed by atoms with Gasteiger partial charge in [0.05, 0.1) is 12.8 Å². The second kappa shape index (κ2) is 7.22. The number of esters is 2. The number of carbonyl (C=O) groups excluding carboxylic acids is 2. The van der Waals surface area contributed by atoms with Gasteiger partial charge in [0.2, 0.25) is 0 Å². The lowest BCUT2D eigenvalue weighted by molar-refractivity contribution is -0.170. The van der Waals surface area contributed by atoms with Crippen LogP contribution in [0.1, 0.15) is 51.4 Å². The molecule has 0 amide bonds. The SMILES string of the molecule is O=C1CC(CCC(=S)CCC(=S)CCC2CC(=O)O2)O1. The normalized spacial score (nSPS) is 24.2. The minimum absolute atomic E-state index is 0.0701. The van der Waals surface area contributed by atoms with E-state index in [9.17, 15) is 9.59 Å². The zero-order valence-electron chi connectivity index (χ0n) is 11.3. The van der Waals surface area contributed by atoms with Crippen LogP contribution >= 0.6 is 24.4 Å². The lowest BCUT2D eigenvalue weighted by Crippen LogP contribution is -2.33. The van der Waals surface area contributed by atoms with Gasteiger partial charge in [-0.05, 0) is 48.3 Å². The predicted molar refractivity (Wildman–Crippen MR) is 81.9 cm³/mol. The van der Waals surface area contributed by atoms with Crippen molar-refractivity contribution in [2.24, 2.45) is 0 Å². The smallest absolute Gasteiger partial charge is 0.309 e. The Hall–Kier alpha value is -0.880. The highest BCUT2D eigenvalue weighted by Crippen LogP contribution is 2.21. The van der Waals surface area contributed by atoms with Crippen LogP contribution in [0, 0.1) is 0 Å². The van der Waals surface area contributed by atoms with Gasteiger partial charge >= 0.3 is 11.9 Å². The molecule has 0 bridgehead atoms. The first-order valence-corrected chi connectivity index (χ1v) is 7.77. The fraction of sp³-hybridized carbons (Fsp3) is 0.714. The highest BCUT2D eigenvalue weighted by molar-refractivity contribution is 7.80. The van der Waals surface area contributed by atoms with Crippen LogP contribution in [0.4, 0.5) is 0 Å². The van der Waals surface area contributed by atoms with Crippen LogP contribution in [-0.2, 0) is 19.1 Å². The second-order valence-electron chi connectivity index (χ2n) is 5.29. The molecule has 110 valence electrons. The molecule has 20 heavy (non-hydrogen) atoms. The van der Waals surface area contributed by atoms with Crippen LogP contribution in [0.2, 0.25) is 0 Å². The molecule has 0 N–H and O–H groups in total. The van der Waals surface area contributed by atoms with Gasteiger partial charge in [-0.3, -0.25) is 9.59 Å². The molecule has 0 saturated carbocycles. The van der Waals surface area contributed by atoms with Crippen LogP contribution in [0.15, 0.2) is 0 Å². The van der Waals surface area contributed by atoms with E-state index in [1.807, 2.05) is 0 Å². The van der Waals surface area contributed by atoms with E-state index in [4.69, 9.17) is 33.9 Å². The van der Waals surface area contributed by atoms with Crippen molar-refractivity contribution < 1.29 is 19.1 Å². The molecule has 2 saturated heterocycles. The van der Waals surface area contributed by atoms with Crippen molar-refractivity contribution >= 4 is 46.1 Å². The summed E-state index contributed by atoms with van der Waals surface area (Å²) in [6.07, 6.45) is 6.12. The van der Waals surface area contributed by atoms with Crippen molar-refractivity contribution in [3.8, 4) is 0 Å². The maximum Gasteiger partial charge on any atom is 0.309 e. The first-order valence-electron chi connectivity index (χ1n) is 6.95. The summed E-state index contributed by atoms with van der Waals surface area (Å²) in [5.74, 6) is -0.224. The van der Waals surface area contributed by atoms with Crippen LogP contribution in [0.5, 0.6) is 0 Å². The molecule has 2 heterocycles. The summed E-state index contributed by atoms with van der Waals surface area (Å²) in [6, 6.07) is 0. The third kappa shape index (κ3) is 4.90. The van der Waals surface area contributed by atoms with E-state index in [0.29, 0.717) is 12.8 Å². The first kappa shape index (κ1) is 15.5. The Morgan fingerprint density at radius 2 is 1.20 bits per heavy atom. The molecule has 0 spiro atoms. The highest BCUT2D eigenvalue weighted by Gasteiger charge is 2.28. The molecule has 2 aliphatic heterocycles. The van der Waals surface area contributed by atoms with Gasteiger partial charge in [-0.25, -0.2) is 0 Å². The summed E-state index contributed by atoms with van der Waals surface area (Å²) in [6.45, 7) is 0. The fourth-order valence-corrected chi connectivity index (χ4v) is 2.66. The summed E-state index contributed by atoms with van der Waals surface area (Å²) < 4.78 is 9.88. The maximum absolute atomic E-state index is 10.6. The zero-order chi connectivity index (χ0) is 14.5. The molecule has 0 aromatic rings. The molecule has 0 aliphatic carbocycles. The number of ether oxygens (including phenoxy) is 2. The van der Waals surface area contributed by atoms with Gasteiger partial charge < -0.3 is 9.47 Å². The molecule has 2 rings (SSSR count). The Labute approximate surface area is 129 Å². The van der Waals surface area contributed by atoms with Crippen molar-refractivity contribution in [3.63, 3.8) is 0 Å². The fourth-order valence-electron chi connectivity index (χ4n) is 2.22. The summed E-state index contributed by atoms with van der Waals surface area (Å²) in [4.78, 5) is 23.3. The van der Waals surface area contributed by atoms with Crippen LogP contribution in [0.3, 0.4) is 0 Å². The largest absolute Gasteiger partial charge is 0.462 e. The third-order valence-corrected chi connectivity index (χ3v) is 4.37. The average Bonchev–Trinajstić information content (AvgIpc) is 2.34. The van der Waals surface area contributed by atoms with E-state index in [-0.39, 0.29) is 24.1 Å². The van der Waals surface area contributed by atoms with Gasteiger partial charge in [-0.2, -0.15) is 0 Å². The Kier molecular flexibility index (Phi) is 5.60. The molecular formula is C14H18O4S2. The van der Waals surface area contributed by atoms with Crippen molar-refractivity contribution in [1.29, 1.82) is 0 Å². The van der Waals surface area contributed by atoms with Gasteiger partial charge in [-0.1, -0.05) is 24.4 Å². The summed E-state index contributed by atoms with van der Waals surface area (Å²) in [5, 5.41) is 0. The van der Waals surface area contributed by atoms with E-state index in [1.165, 1.54) is 0 Å². The monoisotopic (exact) mass is 314 g/mol. The van der Waals surface area contributed by atoms with E-state index in [1.54, 1.807) is 0 Å². The number of thiocarbonyl (C=S) groups is 2. The molecular weight excluding hydrogens is 296 g/mol. The molecule has 0 aromatic heterocycles. The summed E-state index contributed by atoms with van der Waals surface area (Å²) >= 11 is 10.6. The molecule has 2 aliphatic rings. The Morgan fingerprint density at radius 3 is 1.50 bits per heavy atom. The Morgan fingerprint density at radius 1 is 0.850 bits per heavy atom. The quantitative estimate of drug-likeness (QED) is 0.482. The van der Waals surface area contributed by atoms with Crippen LogP contribution in [0.25, 0.3) is 0 Å². The number of hydrogen-bond acceptors (Lipinski definition) is 6. The van der Waals surface area contributed by atoms with Crippen LogP contribution < -0.4 is 0 Å². The molecule has 2 atom stereocenters. The summed E-state index contributed by atoms with van der Waals surface area (Å²) in [7, 11) is 0. The highest BCUT2D eigenvalue weighted by atomic mass is 32.1. The van der Waals surface area contributed by atoms with Crippen LogP contribution in [-0.4, -0.2) is 33.9 Å². The molecule has 2 fully saturated rings. The Bertz CT molecular complexity index is 377. The minimum atomic E-state index is -0.112. The van der Waals surface area contributed by atoms with E-state index in [0.717, 1.165) is 48.3 Å².